The average Bonchev–Trinajstić information content (AvgIpc) is 2.48. The van der Waals surface area contributed by atoms with Crippen LogP contribution >= 0.6 is 0 Å². The fourth-order valence-electron chi connectivity index (χ4n) is 2.55. The minimum Gasteiger partial charge on any atom is -0.435 e. The first-order valence-corrected chi connectivity index (χ1v) is 7.07. The van der Waals surface area contributed by atoms with Crippen LogP contribution in [0, 0.1) is 5.92 Å². The molecular weight excluding hydrogens is 294 g/mol. The molecule has 0 atom stereocenters. The standard InChI is InChI=1S/C15H18F2N2O3/c16-15(17)22-12-4-2-1-3-11(12)9-13(20)19-7-5-10(6-8-19)14(18)21/h1-4,10,15H,5-9H2,(H2,18,21). The van der Waals surface area contributed by atoms with Crippen molar-refractivity contribution in [1.82, 2.24) is 4.90 Å². The van der Waals surface area contributed by atoms with Crippen LogP contribution in [0.2, 0.25) is 0 Å². The minimum atomic E-state index is -2.93. The zero-order valence-electron chi connectivity index (χ0n) is 12.0. The number of rotatable bonds is 5. The Morgan fingerprint density at radius 1 is 1.27 bits per heavy atom. The van der Waals surface area contributed by atoms with Gasteiger partial charge in [-0.05, 0) is 18.9 Å². The van der Waals surface area contributed by atoms with E-state index in [1.54, 1.807) is 23.1 Å². The summed E-state index contributed by atoms with van der Waals surface area (Å²) in [4.78, 5) is 25.0. The predicted molar refractivity (Wildman–Crippen MR) is 75.3 cm³/mol. The number of hydrogen-bond donors (Lipinski definition) is 1. The Morgan fingerprint density at radius 3 is 2.50 bits per heavy atom. The molecule has 1 fully saturated rings. The molecule has 0 saturated carbocycles. The Kier molecular flexibility index (Phi) is 5.30. The summed E-state index contributed by atoms with van der Waals surface area (Å²) in [7, 11) is 0. The van der Waals surface area contributed by atoms with Gasteiger partial charge in [-0.2, -0.15) is 8.78 Å². The second-order valence-corrected chi connectivity index (χ2v) is 5.22. The number of carbonyl (C=O) groups is 2. The summed E-state index contributed by atoms with van der Waals surface area (Å²) in [6.07, 6.45) is 1.07. The van der Waals surface area contributed by atoms with Gasteiger partial charge < -0.3 is 15.4 Å². The monoisotopic (exact) mass is 312 g/mol. The molecule has 7 heteroatoms. The number of para-hydroxylation sites is 1. The summed E-state index contributed by atoms with van der Waals surface area (Å²) in [6.45, 7) is -2.03. The highest BCUT2D eigenvalue weighted by Gasteiger charge is 2.26. The van der Waals surface area contributed by atoms with Crippen LogP contribution in [0.1, 0.15) is 18.4 Å². The molecule has 2 N–H and O–H groups in total. The average molecular weight is 312 g/mol. The summed E-state index contributed by atoms with van der Waals surface area (Å²) >= 11 is 0. The van der Waals surface area contributed by atoms with Crippen molar-refractivity contribution in [2.45, 2.75) is 25.9 Å². The third-order valence-electron chi connectivity index (χ3n) is 3.78. The molecule has 0 aliphatic carbocycles. The molecular formula is C15H18F2N2O3. The maximum Gasteiger partial charge on any atom is 0.387 e. The second-order valence-electron chi connectivity index (χ2n) is 5.22. The lowest BCUT2D eigenvalue weighted by Gasteiger charge is -2.30. The molecule has 1 saturated heterocycles. The molecule has 1 aromatic rings. The van der Waals surface area contributed by atoms with E-state index < -0.39 is 6.61 Å². The van der Waals surface area contributed by atoms with Gasteiger partial charge in [0.05, 0.1) is 6.42 Å². The third kappa shape index (κ3) is 4.16. The largest absolute Gasteiger partial charge is 0.435 e. The van der Waals surface area contributed by atoms with Crippen LogP contribution in [0.15, 0.2) is 24.3 Å². The van der Waals surface area contributed by atoms with Gasteiger partial charge in [0.1, 0.15) is 5.75 Å². The van der Waals surface area contributed by atoms with Crippen molar-refractivity contribution in [3.05, 3.63) is 29.8 Å². The molecule has 0 radical (unpaired) electrons. The van der Waals surface area contributed by atoms with Crippen LogP contribution in [0.25, 0.3) is 0 Å². The van der Waals surface area contributed by atoms with Crippen molar-refractivity contribution in [3.8, 4) is 5.75 Å². The molecule has 1 heterocycles. The Bertz CT molecular complexity index is 543. The topological polar surface area (TPSA) is 72.6 Å². The quantitative estimate of drug-likeness (QED) is 0.896. The first-order valence-electron chi connectivity index (χ1n) is 7.07. The van der Waals surface area contributed by atoms with Crippen molar-refractivity contribution in [3.63, 3.8) is 0 Å². The van der Waals surface area contributed by atoms with E-state index in [2.05, 4.69) is 4.74 Å². The van der Waals surface area contributed by atoms with Crippen molar-refractivity contribution in [2.75, 3.05) is 13.1 Å². The summed E-state index contributed by atoms with van der Waals surface area (Å²) in [5.74, 6) is -0.701. The van der Waals surface area contributed by atoms with E-state index in [1.165, 1.54) is 6.07 Å². The Hall–Kier alpha value is -2.18. The fraction of sp³-hybridized carbons (Fsp3) is 0.467. The summed E-state index contributed by atoms with van der Waals surface area (Å²) in [5.41, 5.74) is 5.67. The number of hydrogen-bond acceptors (Lipinski definition) is 3. The molecule has 0 bridgehead atoms. The van der Waals surface area contributed by atoms with Gasteiger partial charge in [-0.25, -0.2) is 0 Å². The van der Waals surface area contributed by atoms with E-state index in [0.717, 1.165) is 0 Å². The molecule has 5 nitrogen and oxygen atoms in total. The zero-order valence-corrected chi connectivity index (χ0v) is 12.0. The lowest BCUT2D eigenvalue weighted by atomic mass is 9.96. The molecule has 120 valence electrons. The molecule has 2 rings (SSSR count). The first kappa shape index (κ1) is 16.2. The summed E-state index contributed by atoms with van der Waals surface area (Å²) in [6, 6.07) is 6.24. The number of halogens is 2. The fourth-order valence-corrected chi connectivity index (χ4v) is 2.55. The maximum atomic E-state index is 12.3. The van der Waals surface area contributed by atoms with E-state index in [0.29, 0.717) is 31.5 Å². The number of nitrogens with two attached hydrogens (primary N) is 1. The Morgan fingerprint density at radius 2 is 1.91 bits per heavy atom. The molecule has 1 aromatic carbocycles. The van der Waals surface area contributed by atoms with Crippen LogP contribution in [0.4, 0.5) is 8.78 Å². The van der Waals surface area contributed by atoms with E-state index in [9.17, 15) is 18.4 Å². The van der Waals surface area contributed by atoms with Crippen molar-refractivity contribution >= 4 is 11.8 Å². The van der Waals surface area contributed by atoms with Crippen LogP contribution in [0.3, 0.4) is 0 Å². The van der Waals surface area contributed by atoms with Gasteiger partial charge in [0, 0.05) is 24.6 Å². The predicted octanol–water partition coefficient (Wildman–Crippen LogP) is 1.55. The van der Waals surface area contributed by atoms with Gasteiger partial charge in [0.25, 0.3) is 0 Å². The number of piperidine rings is 1. The van der Waals surface area contributed by atoms with Crippen LogP contribution < -0.4 is 10.5 Å². The highest BCUT2D eigenvalue weighted by molar-refractivity contribution is 5.80. The molecule has 0 unspecified atom stereocenters. The molecule has 0 aromatic heterocycles. The van der Waals surface area contributed by atoms with E-state index >= 15 is 0 Å². The molecule has 0 spiro atoms. The van der Waals surface area contributed by atoms with E-state index in [1.807, 2.05) is 0 Å². The molecule has 2 amide bonds. The lowest BCUT2D eigenvalue weighted by Crippen LogP contribution is -2.42. The molecule has 1 aliphatic heterocycles. The summed E-state index contributed by atoms with van der Waals surface area (Å²) in [5, 5.41) is 0. The molecule has 22 heavy (non-hydrogen) atoms. The number of alkyl halides is 2. The smallest absolute Gasteiger partial charge is 0.387 e. The number of ether oxygens (including phenoxy) is 1. The SMILES string of the molecule is NC(=O)C1CCN(C(=O)Cc2ccccc2OC(F)F)CC1. The van der Waals surface area contributed by atoms with Crippen molar-refractivity contribution in [1.29, 1.82) is 0 Å². The third-order valence-corrected chi connectivity index (χ3v) is 3.78. The first-order chi connectivity index (χ1) is 10.5. The minimum absolute atomic E-state index is 0.00979. The van der Waals surface area contributed by atoms with Gasteiger partial charge in [-0.15, -0.1) is 0 Å². The van der Waals surface area contributed by atoms with Gasteiger partial charge in [0.15, 0.2) is 0 Å². The molecule has 1 aliphatic rings. The van der Waals surface area contributed by atoms with Gasteiger partial charge in [0.2, 0.25) is 11.8 Å². The van der Waals surface area contributed by atoms with Crippen molar-refractivity contribution in [2.24, 2.45) is 11.7 Å². The number of amides is 2. The van der Waals surface area contributed by atoms with E-state index in [4.69, 9.17) is 5.73 Å². The van der Waals surface area contributed by atoms with Gasteiger partial charge in [-0.1, -0.05) is 18.2 Å². The van der Waals surface area contributed by atoms with Gasteiger partial charge in [-0.3, -0.25) is 9.59 Å². The van der Waals surface area contributed by atoms with Crippen LogP contribution in [0.5, 0.6) is 5.75 Å². The number of benzene rings is 1. The number of carbonyl (C=O) groups excluding carboxylic acids is 2. The number of primary amides is 1. The zero-order chi connectivity index (χ0) is 16.1. The van der Waals surface area contributed by atoms with Gasteiger partial charge >= 0.3 is 6.61 Å². The van der Waals surface area contributed by atoms with Crippen LogP contribution in [-0.2, 0) is 16.0 Å². The normalized spacial score (nSPS) is 15.9. The maximum absolute atomic E-state index is 12.3. The van der Waals surface area contributed by atoms with Crippen molar-refractivity contribution < 1.29 is 23.1 Å². The number of nitrogens with zero attached hydrogens (tertiary/aromatic N) is 1. The van der Waals surface area contributed by atoms with Crippen LogP contribution in [-0.4, -0.2) is 36.4 Å². The Balaban J connectivity index is 1.97. The van der Waals surface area contributed by atoms with E-state index in [-0.39, 0.29) is 29.9 Å². The highest BCUT2D eigenvalue weighted by atomic mass is 19.3. The lowest BCUT2D eigenvalue weighted by molar-refractivity contribution is -0.134. The number of likely N-dealkylation sites (tertiary alicyclic amines) is 1. The summed E-state index contributed by atoms with van der Waals surface area (Å²) < 4.78 is 29.1. The second kappa shape index (κ2) is 7.20. The highest BCUT2D eigenvalue weighted by Crippen LogP contribution is 2.23. The Labute approximate surface area is 127 Å².